The molecule has 2 aromatic rings. The lowest BCUT2D eigenvalue weighted by atomic mass is 10.1. The number of hydrogen-bond acceptors (Lipinski definition) is 5. The smallest absolute Gasteiger partial charge is 0.339 e. The second-order valence-corrected chi connectivity index (χ2v) is 3.64. The SMILES string of the molecule is COC(=O)c1cc2c(=O)[nH]c(C)nc2nc1C. The molecule has 2 heterocycles. The Morgan fingerprint density at radius 3 is 2.71 bits per heavy atom. The van der Waals surface area contributed by atoms with Gasteiger partial charge in [0.2, 0.25) is 0 Å². The Kier molecular flexibility index (Phi) is 2.63. The Labute approximate surface area is 96.7 Å². The maximum atomic E-state index is 11.7. The highest BCUT2D eigenvalue weighted by molar-refractivity contribution is 5.94. The fourth-order valence-electron chi connectivity index (χ4n) is 1.58. The molecule has 0 spiro atoms. The van der Waals surface area contributed by atoms with Crippen molar-refractivity contribution in [3.8, 4) is 0 Å². The molecule has 0 saturated heterocycles. The summed E-state index contributed by atoms with van der Waals surface area (Å²) < 4.78 is 4.62. The van der Waals surface area contributed by atoms with Gasteiger partial charge in [-0.3, -0.25) is 4.79 Å². The van der Waals surface area contributed by atoms with E-state index in [0.29, 0.717) is 17.2 Å². The molecule has 6 nitrogen and oxygen atoms in total. The average molecular weight is 233 g/mol. The Morgan fingerprint density at radius 2 is 2.06 bits per heavy atom. The van der Waals surface area contributed by atoms with E-state index in [9.17, 15) is 9.59 Å². The van der Waals surface area contributed by atoms with Gasteiger partial charge >= 0.3 is 5.97 Å². The van der Waals surface area contributed by atoms with Crippen molar-refractivity contribution >= 4 is 17.0 Å². The first kappa shape index (κ1) is 11.3. The number of ether oxygens (including phenoxy) is 1. The summed E-state index contributed by atoms with van der Waals surface area (Å²) in [5.41, 5.74) is 0.777. The molecule has 0 aromatic carbocycles. The number of esters is 1. The summed E-state index contributed by atoms with van der Waals surface area (Å²) in [5.74, 6) is -0.0305. The second-order valence-electron chi connectivity index (χ2n) is 3.64. The molecule has 88 valence electrons. The van der Waals surface area contributed by atoms with Gasteiger partial charge in [0.1, 0.15) is 5.82 Å². The van der Waals surface area contributed by atoms with E-state index in [-0.39, 0.29) is 16.5 Å². The molecule has 0 aliphatic carbocycles. The molecule has 0 amide bonds. The van der Waals surface area contributed by atoms with Crippen LogP contribution in [0, 0.1) is 13.8 Å². The quantitative estimate of drug-likeness (QED) is 0.733. The van der Waals surface area contributed by atoms with Crippen molar-refractivity contribution in [2.75, 3.05) is 7.11 Å². The summed E-state index contributed by atoms with van der Waals surface area (Å²) in [6.07, 6.45) is 0. The Morgan fingerprint density at radius 1 is 1.35 bits per heavy atom. The van der Waals surface area contributed by atoms with E-state index in [4.69, 9.17) is 0 Å². The molecule has 0 fully saturated rings. The number of aryl methyl sites for hydroxylation is 2. The van der Waals surface area contributed by atoms with E-state index in [1.165, 1.54) is 13.2 Å². The van der Waals surface area contributed by atoms with Gasteiger partial charge in [-0.25, -0.2) is 14.8 Å². The van der Waals surface area contributed by atoms with Crippen LogP contribution in [0.4, 0.5) is 0 Å². The number of aromatic amines is 1. The minimum Gasteiger partial charge on any atom is -0.465 e. The zero-order chi connectivity index (χ0) is 12.6. The normalized spacial score (nSPS) is 10.5. The fourth-order valence-corrected chi connectivity index (χ4v) is 1.58. The van der Waals surface area contributed by atoms with Crippen LogP contribution in [-0.2, 0) is 4.74 Å². The van der Waals surface area contributed by atoms with E-state index in [1.807, 2.05) is 0 Å². The third-order valence-electron chi connectivity index (χ3n) is 2.41. The molecule has 0 aliphatic rings. The average Bonchev–Trinajstić information content (AvgIpc) is 2.27. The van der Waals surface area contributed by atoms with Gasteiger partial charge in [-0.05, 0) is 19.9 Å². The molecule has 0 aliphatic heterocycles. The van der Waals surface area contributed by atoms with Crippen LogP contribution in [-0.4, -0.2) is 28.0 Å². The molecular formula is C11H11N3O3. The molecule has 0 radical (unpaired) electrons. The van der Waals surface area contributed by atoms with Gasteiger partial charge in [0.05, 0.1) is 23.8 Å². The third-order valence-corrected chi connectivity index (χ3v) is 2.41. The van der Waals surface area contributed by atoms with E-state index in [2.05, 4.69) is 19.7 Å². The lowest BCUT2D eigenvalue weighted by Crippen LogP contribution is -2.13. The maximum Gasteiger partial charge on any atom is 0.339 e. The molecule has 6 heteroatoms. The van der Waals surface area contributed by atoms with Crippen LogP contribution in [0.2, 0.25) is 0 Å². The number of carbonyl (C=O) groups is 1. The van der Waals surface area contributed by atoms with E-state index in [0.717, 1.165) is 0 Å². The number of rotatable bonds is 1. The first-order valence-electron chi connectivity index (χ1n) is 4.99. The maximum absolute atomic E-state index is 11.7. The predicted molar refractivity (Wildman–Crippen MR) is 61.0 cm³/mol. The Balaban J connectivity index is 2.81. The monoisotopic (exact) mass is 233 g/mol. The number of H-pyrrole nitrogens is 1. The van der Waals surface area contributed by atoms with Crippen LogP contribution >= 0.6 is 0 Å². The highest BCUT2D eigenvalue weighted by atomic mass is 16.5. The number of nitrogens with zero attached hydrogens (tertiary/aromatic N) is 2. The highest BCUT2D eigenvalue weighted by Crippen LogP contribution is 2.12. The summed E-state index contributed by atoms with van der Waals surface area (Å²) in [7, 11) is 1.28. The van der Waals surface area contributed by atoms with Crippen molar-refractivity contribution in [3.63, 3.8) is 0 Å². The van der Waals surface area contributed by atoms with Crippen LogP contribution in [0.3, 0.4) is 0 Å². The van der Waals surface area contributed by atoms with Gasteiger partial charge in [-0.1, -0.05) is 0 Å². The minimum atomic E-state index is -0.517. The van der Waals surface area contributed by atoms with Gasteiger partial charge in [0, 0.05) is 0 Å². The van der Waals surface area contributed by atoms with Gasteiger partial charge in [-0.2, -0.15) is 0 Å². The van der Waals surface area contributed by atoms with Gasteiger partial charge < -0.3 is 9.72 Å². The predicted octanol–water partition coefficient (Wildman–Crippen LogP) is 0.722. The molecule has 2 aromatic heterocycles. The first-order valence-corrected chi connectivity index (χ1v) is 4.99. The number of aromatic nitrogens is 3. The first-order chi connectivity index (χ1) is 8.02. The number of fused-ring (bicyclic) bond motifs is 1. The largest absolute Gasteiger partial charge is 0.465 e. The topological polar surface area (TPSA) is 84.9 Å². The zero-order valence-electron chi connectivity index (χ0n) is 9.70. The number of carbonyl (C=O) groups excluding carboxylic acids is 1. The number of nitrogens with one attached hydrogen (secondary N) is 1. The minimum absolute atomic E-state index is 0.274. The number of hydrogen-bond donors (Lipinski definition) is 1. The highest BCUT2D eigenvalue weighted by Gasteiger charge is 2.14. The molecule has 0 unspecified atom stereocenters. The molecule has 0 atom stereocenters. The van der Waals surface area contributed by atoms with Crippen molar-refractivity contribution in [1.29, 1.82) is 0 Å². The standard InChI is InChI=1S/C11H11N3O3/c1-5-7(11(16)17-3)4-8-9(12-5)13-6(2)14-10(8)15/h4H,1-3H3,(H,12,13,14,15). The lowest BCUT2D eigenvalue weighted by molar-refractivity contribution is 0.0599. The molecule has 2 rings (SSSR count). The summed E-state index contributed by atoms with van der Waals surface area (Å²) in [5, 5.41) is 0.279. The molecule has 0 bridgehead atoms. The van der Waals surface area contributed by atoms with E-state index >= 15 is 0 Å². The Bertz CT molecular complexity index is 661. The summed E-state index contributed by atoms with van der Waals surface area (Å²) in [6.45, 7) is 3.34. The lowest BCUT2D eigenvalue weighted by Gasteiger charge is -2.04. The third kappa shape index (κ3) is 1.89. The van der Waals surface area contributed by atoms with Gasteiger partial charge in [0.25, 0.3) is 5.56 Å². The zero-order valence-corrected chi connectivity index (χ0v) is 9.70. The Hall–Kier alpha value is -2.24. The number of pyridine rings is 1. The van der Waals surface area contributed by atoms with Crippen LogP contribution in [0.5, 0.6) is 0 Å². The number of methoxy groups -OCH3 is 1. The summed E-state index contributed by atoms with van der Waals surface area (Å²) in [4.78, 5) is 33.9. The van der Waals surface area contributed by atoms with E-state index in [1.54, 1.807) is 13.8 Å². The van der Waals surface area contributed by atoms with Gasteiger partial charge in [-0.15, -0.1) is 0 Å². The van der Waals surface area contributed by atoms with Crippen LogP contribution in [0.1, 0.15) is 21.9 Å². The summed E-state index contributed by atoms with van der Waals surface area (Å²) in [6, 6.07) is 1.45. The van der Waals surface area contributed by atoms with Crippen molar-refractivity contribution in [1.82, 2.24) is 15.0 Å². The van der Waals surface area contributed by atoms with E-state index < -0.39 is 5.97 Å². The van der Waals surface area contributed by atoms with Crippen molar-refractivity contribution < 1.29 is 9.53 Å². The molecule has 0 saturated carbocycles. The second kappa shape index (κ2) is 3.97. The molecule has 17 heavy (non-hydrogen) atoms. The van der Waals surface area contributed by atoms with Gasteiger partial charge in [0.15, 0.2) is 5.65 Å². The molecule has 1 N–H and O–H groups in total. The van der Waals surface area contributed by atoms with Crippen molar-refractivity contribution in [2.45, 2.75) is 13.8 Å². The van der Waals surface area contributed by atoms with Crippen molar-refractivity contribution in [3.05, 3.63) is 33.5 Å². The van der Waals surface area contributed by atoms with Crippen LogP contribution in [0.15, 0.2) is 10.9 Å². The fraction of sp³-hybridized carbons (Fsp3) is 0.273. The van der Waals surface area contributed by atoms with Crippen LogP contribution in [0.25, 0.3) is 11.0 Å². The molecular weight excluding hydrogens is 222 g/mol. The van der Waals surface area contributed by atoms with Crippen LogP contribution < -0.4 is 5.56 Å². The summed E-state index contributed by atoms with van der Waals surface area (Å²) >= 11 is 0. The van der Waals surface area contributed by atoms with Crippen molar-refractivity contribution in [2.24, 2.45) is 0 Å².